The van der Waals surface area contributed by atoms with Gasteiger partial charge in [-0.05, 0) is 41.1 Å². The van der Waals surface area contributed by atoms with E-state index in [0.717, 1.165) is 28.2 Å². The van der Waals surface area contributed by atoms with Crippen molar-refractivity contribution in [1.29, 1.82) is 0 Å². The first kappa shape index (κ1) is 26.5. The highest BCUT2D eigenvalue weighted by Crippen LogP contribution is 2.23. The number of carbonyl (C=O) groups is 3. The van der Waals surface area contributed by atoms with Crippen molar-refractivity contribution in [3.05, 3.63) is 76.3 Å². The van der Waals surface area contributed by atoms with E-state index in [0.29, 0.717) is 16.6 Å². The van der Waals surface area contributed by atoms with Crippen LogP contribution in [-0.4, -0.2) is 56.3 Å². The first-order chi connectivity index (χ1) is 15.1. The van der Waals surface area contributed by atoms with E-state index < -0.39 is 11.7 Å². The molecule has 0 aromatic heterocycles. The number of hydrogen-bond donors (Lipinski definition) is 2. The van der Waals surface area contributed by atoms with Crippen molar-refractivity contribution in [3.8, 4) is 0 Å². The summed E-state index contributed by atoms with van der Waals surface area (Å²) in [5, 5.41) is 7.44. The van der Waals surface area contributed by atoms with Crippen molar-refractivity contribution < 1.29 is 31.3 Å². The average Bonchev–Trinajstić information content (AvgIpc) is 2.76. The summed E-state index contributed by atoms with van der Waals surface area (Å²) in [5.41, 5.74) is 0.894. The molecule has 8 heteroatoms. The van der Waals surface area contributed by atoms with E-state index in [1.54, 1.807) is 30.3 Å². The second-order valence-corrected chi connectivity index (χ2v) is 9.57. The quantitative estimate of drug-likeness (QED) is 0.199. The van der Waals surface area contributed by atoms with Crippen LogP contribution in [0.3, 0.4) is 0 Å². The molecule has 0 saturated heterocycles. The minimum absolute atomic E-state index is 0. The summed E-state index contributed by atoms with van der Waals surface area (Å²) in [6.45, 7) is 1.28. The highest BCUT2D eigenvalue weighted by atomic mass is 79.9. The largest absolute Gasteiger partial charge is 1.00 e. The molecule has 0 saturated carbocycles. The van der Waals surface area contributed by atoms with Gasteiger partial charge in [-0.3, -0.25) is 14.4 Å². The first-order valence-corrected chi connectivity index (χ1v) is 11.2. The number of benzene rings is 3. The Labute approximate surface area is 208 Å². The number of rotatable bonds is 8. The summed E-state index contributed by atoms with van der Waals surface area (Å²) in [6, 6.07) is 18.0. The number of anilines is 1. The Balaban J connectivity index is 0.00000385. The van der Waals surface area contributed by atoms with E-state index in [1.807, 2.05) is 30.3 Å². The smallest absolute Gasteiger partial charge is 0.292 e. The van der Waals surface area contributed by atoms with Crippen LogP contribution < -0.4 is 23.0 Å². The zero-order valence-corrected chi connectivity index (χ0v) is 21.2. The second kappa shape index (κ2) is 11.4. The van der Waals surface area contributed by atoms with Crippen molar-refractivity contribution in [2.24, 2.45) is 0 Å². The maximum Gasteiger partial charge on any atom is 0.292 e. The van der Waals surface area contributed by atoms with Crippen LogP contribution in [0.25, 0.3) is 10.8 Å². The van der Waals surface area contributed by atoms with Gasteiger partial charge in [0, 0.05) is 23.0 Å². The standard InChI is InChI=1S/C25H26BrN3O3.ClH/c1-29(2,3)14-6-13-27-25(32)23(30)21-16-20(26)11-12-22(21)28-24(31)19-10-9-17-7-4-5-8-18(17)15-19;/h4-5,7-12,15-16H,6,13-14H2,1-3H3,(H-,27,28,30,31,32);1H. The van der Waals surface area contributed by atoms with Crippen LogP contribution in [0.4, 0.5) is 5.69 Å². The van der Waals surface area contributed by atoms with Gasteiger partial charge < -0.3 is 27.5 Å². The minimum atomic E-state index is -0.689. The fourth-order valence-electron chi connectivity index (χ4n) is 3.30. The molecule has 3 aromatic carbocycles. The van der Waals surface area contributed by atoms with Gasteiger partial charge in [0.15, 0.2) is 0 Å². The molecular weight excluding hydrogens is 506 g/mol. The number of ketones is 1. The Morgan fingerprint density at radius 2 is 1.61 bits per heavy atom. The molecular formula is C25H27BrClN3O3. The highest BCUT2D eigenvalue weighted by molar-refractivity contribution is 9.10. The number of hydrogen-bond acceptors (Lipinski definition) is 3. The van der Waals surface area contributed by atoms with Gasteiger partial charge in [-0.2, -0.15) is 0 Å². The van der Waals surface area contributed by atoms with E-state index in [4.69, 9.17) is 0 Å². The van der Waals surface area contributed by atoms with E-state index in [2.05, 4.69) is 47.7 Å². The molecule has 0 heterocycles. The summed E-state index contributed by atoms with van der Waals surface area (Å²) in [7, 11) is 6.21. The third-order valence-corrected chi connectivity index (χ3v) is 5.48. The van der Waals surface area contributed by atoms with E-state index in [9.17, 15) is 14.4 Å². The van der Waals surface area contributed by atoms with Crippen LogP contribution in [0.2, 0.25) is 0 Å². The molecule has 6 nitrogen and oxygen atoms in total. The molecule has 0 aliphatic rings. The van der Waals surface area contributed by atoms with Gasteiger partial charge in [0.2, 0.25) is 0 Å². The van der Waals surface area contributed by atoms with Crippen molar-refractivity contribution in [3.63, 3.8) is 0 Å². The SMILES string of the molecule is C[N+](C)(C)CCCNC(=O)C(=O)c1cc(Br)ccc1NC(=O)c1ccc2ccccc2c1.[Cl-]. The topological polar surface area (TPSA) is 75.3 Å². The Bertz CT molecular complexity index is 1180. The lowest BCUT2D eigenvalue weighted by molar-refractivity contribution is -0.870. The van der Waals surface area contributed by atoms with Gasteiger partial charge in [0.05, 0.1) is 38.9 Å². The van der Waals surface area contributed by atoms with Gasteiger partial charge >= 0.3 is 0 Å². The molecule has 0 aliphatic heterocycles. The number of nitrogens with one attached hydrogen (secondary N) is 2. The second-order valence-electron chi connectivity index (χ2n) is 8.66. The van der Waals surface area contributed by atoms with Crippen molar-refractivity contribution in [1.82, 2.24) is 5.32 Å². The molecule has 0 radical (unpaired) electrons. The number of carbonyl (C=O) groups excluding carboxylic acids is 3. The lowest BCUT2D eigenvalue weighted by Crippen LogP contribution is -3.00. The fourth-order valence-corrected chi connectivity index (χ4v) is 3.66. The van der Waals surface area contributed by atoms with Crippen LogP contribution in [0, 0.1) is 0 Å². The van der Waals surface area contributed by atoms with E-state index in [-0.39, 0.29) is 29.6 Å². The van der Waals surface area contributed by atoms with Gasteiger partial charge in [-0.15, -0.1) is 0 Å². The maximum atomic E-state index is 12.9. The Morgan fingerprint density at radius 1 is 0.909 bits per heavy atom. The molecule has 3 aromatic rings. The molecule has 0 aliphatic carbocycles. The molecule has 0 atom stereocenters. The van der Waals surface area contributed by atoms with Crippen molar-refractivity contribution >= 4 is 50.0 Å². The molecule has 3 rings (SSSR count). The maximum absolute atomic E-state index is 12.9. The molecule has 0 bridgehead atoms. The third-order valence-electron chi connectivity index (χ3n) is 4.98. The predicted octanol–water partition coefficient (Wildman–Crippen LogP) is 1.25. The number of halogens is 2. The molecule has 0 unspecified atom stereocenters. The molecule has 0 spiro atoms. The minimum Gasteiger partial charge on any atom is -1.00 e. The van der Waals surface area contributed by atoms with E-state index in [1.165, 1.54) is 0 Å². The average molecular weight is 533 g/mol. The molecule has 33 heavy (non-hydrogen) atoms. The molecule has 2 amide bonds. The van der Waals surface area contributed by atoms with Crippen LogP contribution >= 0.6 is 15.9 Å². The van der Waals surface area contributed by atoms with Gasteiger partial charge in [-0.1, -0.05) is 46.3 Å². The zero-order valence-electron chi connectivity index (χ0n) is 18.8. The zero-order chi connectivity index (χ0) is 23.3. The number of Topliss-reactive ketones (excluding diaryl/α,β-unsaturated/α-hetero) is 1. The lowest BCUT2D eigenvalue weighted by Gasteiger charge is -2.23. The predicted molar refractivity (Wildman–Crippen MR) is 131 cm³/mol. The normalized spacial score (nSPS) is 10.9. The number of amides is 2. The summed E-state index contributed by atoms with van der Waals surface area (Å²) in [5.74, 6) is -1.73. The Morgan fingerprint density at radius 3 is 2.30 bits per heavy atom. The van der Waals surface area contributed by atoms with Crippen molar-refractivity contribution in [2.75, 3.05) is 39.5 Å². The highest BCUT2D eigenvalue weighted by Gasteiger charge is 2.21. The van der Waals surface area contributed by atoms with Gasteiger partial charge in [0.25, 0.3) is 17.6 Å². The Hall–Kier alpha value is -2.74. The van der Waals surface area contributed by atoms with Crippen LogP contribution in [0.1, 0.15) is 27.1 Å². The van der Waals surface area contributed by atoms with Crippen molar-refractivity contribution in [2.45, 2.75) is 6.42 Å². The summed E-state index contributed by atoms with van der Waals surface area (Å²) < 4.78 is 1.42. The monoisotopic (exact) mass is 531 g/mol. The summed E-state index contributed by atoms with van der Waals surface area (Å²) >= 11 is 3.34. The van der Waals surface area contributed by atoms with Gasteiger partial charge in [0.1, 0.15) is 0 Å². The first-order valence-electron chi connectivity index (χ1n) is 10.4. The Kier molecular flexibility index (Phi) is 9.16. The molecule has 2 N–H and O–H groups in total. The number of quaternary nitrogens is 1. The lowest BCUT2D eigenvalue weighted by atomic mass is 10.1. The van der Waals surface area contributed by atoms with E-state index >= 15 is 0 Å². The van der Waals surface area contributed by atoms with Crippen LogP contribution in [-0.2, 0) is 4.79 Å². The van der Waals surface area contributed by atoms with Gasteiger partial charge in [-0.25, -0.2) is 0 Å². The summed E-state index contributed by atoms with van der Waals surface area (Å²) in [4.78, 5) is 38.1. The number of nitrogens with zero attached hydrogens (tertiary/aromatic N) is 1. The summed E-state index contributed by atoms with van der Waals surface area (Å²) in [6.07, 6.45) is 0.757. The van der Waals surface area contributed by atoms with Crippen LogP contribution in [0.5, 0.6) is 0 Å². The molecule has 174 valence electrons. The fraction of sp³-hybridized carbons (Fsp3) is 0.240. The number of fused-ring (bicyclic) bond motifs is 1. The van der Waals surface area contributed by atoms with Crippen LogP contribution in [0.15, 0.2) is 65.1 Å². The molecule has 0 fully saturated rings. The third kappa shape index (κ3) is 7.39.